The summed E-state index contributed by atoms with van der Waals surface area (Å²) in [4.78, 5) is 17.0. The molecule has 0 radical (unpaired) electrons. The van der Waals surface area contributed by atoms with E-state index in [1.807, 2.05) is 18.3 Å². The summed E-state index contributed by atoms with van der Waals surface area (Å²) in [5.41, 5.74) is 2.81. The normalized spacial score (nSPS) is 25.9. The monoisotopic (exact) mass is 359 g/mol. The van der Waals surface area contributed by atoms with Crippen LogP contribution in [0.4, 0.5) is 5.69 Å². The molecule has 0 saturated carbocycles. The van der Waals surface area contributed by atoms with E-state index >= 15 is 0 Å². The van der Waals surface area contributed by atoms with Gasteiger partial charge in [0.05, 0.1) is 22.7 Å². The number of benzene rings is 1. The number of hydrogen-bond acceptors (Lipinski definition) is 7. The second-order valence-electron chi connectivity index (χ2n) is 5.79. The first-order valence-corrected chi connectivity index (χ1v) is 9.21. The van der Waals surface area contributed by atoms with Crippen molar-refractivity contribution < 1.29 is 4.79 Å². The number of carbonyl (C=O) groups is 1. The molecular formula is C16H17N5OS2. The topological polar surface area (TPSA) is 89.8 Å². The fourth-order valence-corrected chi connectivity index (χ4v) is 4.89. The van der Waals surface area contributed by atoms with E-state index in [0.29, 0.717) is 5.56 Å². The maximum Gasteiger partial charge on any atom is 0.220 e. The van der Waals surface area contributed by atoms with E-state index in [9.17, 15) is 4.79 Å². The van der Waals surface area contributed by atoms with Crippen LogP contribution in [0.2, 0.25) is 0 Å². The van der Waals surface area contributed by atoms with E-state index in [4.69, 9.17) is 5.26 Å². The number of aromatic nitrogens is 1. The van der Waals surface area contributed by atoms with Crippen LogP contribution in [-0.2, 0) is 10.3 Å². The smallest absolute Gasteiger partial charge is 0.220 e. The van der Waals surface area contributed by atoms with Crippen molar-refractivity contribution in [2.24, 2.45) is 0 Å². The minimum atomic E-state index is -0.849. The van der Waals surface area contributed by atoms with E-state index < -0.39 is 5.12 Å². The molecule has 1 amide bonds. The lowest BCUT2D eigenvalue weighted by atomic mass is 10.0. The number of nitrogens with one attached hydrogen (secondary N) is 3. The molecule has 2 aromatic rings. The minimum Gasteiger partial charge on any atom is -0.341 e. The van der Waals surface area contributed by atoms with Crippen molar-refractivity contribution in [1.29, 1.82) is 5.26 Å². The summed E-state index contributed by atoms with van der Waals surface area (Å²) < 4.78 is 0. The molecule has 2 unspecified atom stereocenters. The zero-order chi connectivity index (χ0) is 17.2. The van der Waals surface area contributed by atoms with E-state index in [1.165, 1.54) is 6.92 Å². The van der Waals surface area contributed by atoms with Crippen molar-refractivity contribution in [3.05, 3.63) is 46.4 Å². The molecule has 0 bridgehead atoms. The molecular weight excluding hydrogens is 342 g/mol. The Kier molecular flexibility index (Phi) is 4.49. The third kappa shape index (κ3) is 3.38. The van der Waals surface area contributed by atoms with Crippen LogP contribution < -0.4 is 16.0 Å². The Morgan fingerprint density at radius 2 is 2.33 bits per heavy atom. The van der Waals surface area contributed by atoms with Crippen molar-refractivity contribution in [1.82, 2.24) is 15.6 Å². The molecule has 0 aliphatic carbocycles. The van der Waals surface area contributed by atoms with Crippen LogP contribution in [0.25, 0.3) is 0 Å². The van der Waals surface area contributed by atoms with Gasteiger partial charge in [-0.05, 0) is 25.1 Å². The van der Waals surface area contributed by atoms with Crippen molar-refractivity contribution in [2.75, 3.05) is 11.1 Å². The van der Waals surface area contributed by atoms with Gasteiger partial charge in [0.25, 0.3) is 0 Å². The Morgan fingerprint density at radius 1 is 1.50 bits per heavy atom. The van der Waals surface area contributed by atoms with E-state index in [-0.39, 0.29) is 11.4 Å². The summed E-state index contributed by atoms with van der Waals surface area (Å²) in [6.07, 6.45) is 1.85. The molecule has 0 spiro atoms. The first-order valence-electron chi connectivity index (χ1n) is 7.34. The quantitative estimate of drug-likeness (QED) is 0.727. The fraction of sp³-hybridized carbons (Fsp3) is 0.312. The van der Waals surface area contributed by atoms with Gasteiger partial charge in [-0.3, -0.25) is 15.1 Å². The number of rotatable bonds is 4. The fourth-order valence-electron chi connectivity index (χ4n) is 2.62. The number of anilines is 1. The van der Waals surface area contributed by atoms with Crippen LogP contribution in [0.5, 0.6) is 0 Å². The predicted octanol–water partition coefficient (Wildman–Crippen LogP) is 2.43. The van der Waals surface area contributed by atoms with Crippen LogP contribution in [0, 0.1) is 11.3 Å². The summed E-state index contributed by atoms with van der Waals surface area (Å²) in [5.74, 6) is 0.618. The molecule has 3 N–H and O–H groups in total. The number of nitriles is 1. The molecule has 1 aromatic carbocycles. The highest BCUT2D eigenvalue weighted by atomic mass is 32.2. The van der Waals surface area contributed by atoms with Gasteiger partial charge < -0.3 is 10.6 Å². The molecule has 1 aliphatic heterocycles. The van der Waals surface area contributed by atoms with Gasteiger partial charge >= 0.3 is 0 Å². The zero-order valence-corrected chi connectivity index (χ0v) is 14.9. The number of thiazole rings is 1. The lowest BCUT2D eigenvalue weighted by Gasteiger charge is -2.34. The van der Waals surface area contributed by atoms with Crippen LogP contribution in [0.3, 0.4) is 0 Å². The lowest BCUT2D eigenvalue weighted by Crippen LogP contribution is -2.61. The molecule has 124 valence electrons. The molecule has 1 fully saturated rings. The molecule has 3 rings (SSSR count). The van der Waals surface area contributed by atoms with Crippen LogP contribution >= 0.6 is 23.1 Å². The van der Waals surface area contributed by atoms with Crippen LogP contribution in [-0.4, -0.2) is 21.8 Å². The average Bonchev–Trinajstić information content (AvgIpc) is 3.17. The Hall–Kier alpha value is -2.08. The summed E-state index contributed by atoms with van der Waals surface area (Å²) >= 11 is 3.15. The van der Waals surface area contributed by atoms with Gasteiger partial charge in [0, 0.05) is 29.4 Å². The average molecular weight is 359 g/mol. The minimum absolute atomic E-state index is 0.146. The van der Waals surface area contributed by atoms with Crippen LogP contribution in [0.1, 0.15) is 24.3 Å². The number of thioether (sulfide) groups is 1. The maximum absolute atomic E-state index is 11.7. The third-order valence-corrected chi connectivity index (χ3v) is 6.17. The van der Waals surface area contributed by atoms with Gasteiger partial charge in [0.1, 0.15) is 0 Å². The molecule has 1 saturated heterocycles. The van der Waals surface area contributed by atoms with Gasteiger partial charge in [-0.1, -0.05) is 17.8 Å². The van der Waals surface area contributed by atoms with Gasteiger partial charge in [-0.25, -0.2) is 0 Å². The largest absolute Gasteiger partial charge is 0.341 e. The third-order valence-electron chi connectivity index (χ3n) is 3.67. The number of hydrogen-bond donors (Lipinski definition) is 3. The van der Waals surface area contributed by atoms with E-state index in [1.54, 1.807) is 40.7 Å². The number of amides is 1. The summed E-state index contributed by atoms with van der Waals surface area (Å²) in [7, 11) is 0. The molecule has 2 heterocycles. The van der Waals surface area contributed by atoms with Crippen molar-refractivity contribution in [3.63, 3.8) is 0 Å². The standard InChI is InChI=1S/C16H17N5OS2/c1-11(22)19-16(20-13-5-3-4-12(6-13)7-17)21-15(2,9-24-16)14-8-18-10-23-14/h3-6,8,10,20-21H,9H2,1-2H3,(H,19,22). The Balaban J connectivity index is 1.89. The van der Waals surface area contributed by atoms with E-state index in [0.717, 1.165) is 16.3 Å². The molecule has 2 atom stereocenters. The summed E-state index contributed by atoms with van der Waals surface area (Å²) in [5, 5.41) is 18.0. The number of nitrogens with zero attached hydrogens (tertiary/aromatic N) is 2. The lowest BCUT2D eigenvalue weighted by molar-refractivity contribution is -0.120. The highest BCUT2D eigenvalue weighted by Gasteiger charge is 2.48. The summed E-state index contributed by atoms with van der Waals surface area (Å²) in [6, 6.07) is 9.30. The Bertz CT molecular complexity index is 788. The van der Waals surface area contributed by atoms with Crippen molar-refractivity contribution in [2.45, 2.75) is 24.5 Å². The molecule has 1 aromatic heterocycles. The first-order chi connectivity index (χ1) is 11.4. The summed E-state index contributed by atoms with van der Waals surface area (Å²) in [6.45, 7) is 3.57. The van der Waals surface area contributed by atoms with Gasteiger partial charge in [0.2, 0.25) is 11.0 Å². The second-order valence-corrected chi connectivity index (χ2v) is 7.87. The Morgan fingerprint density at radius 3 is 3.00 bits per heavy atom. The maximum atomic E-state index is 11.7. The zero-order valence-electron chi connectivity index (χ0n) is 13.3. The highest BCUT2D eigenvalue weighted by Crippen LogP contribution is 2.41. The van der Waals surface area contributed by atoms with Gasteiger partial charge in [-0.2, -0.15) is 5.26 Å². The predicted molar refractivity (Wildman–Crippen MR) is 96.4 cm³/mol. The van der Waals surface area contributed by atoms with Gasteiger partial charge in [0.15, 0.2) is 0 Å². The van der Waals surface area contributed by atoms with E-state index in [2.05, 4.69) is 33.9 Å². The van der Waals surface area contributed by atoms with Crippen LogP contribution in [0.15, 0.2) is 36.0 Å². The molecule has 1 aliphatic rings. The second kappa shape index (κ2) is 6.43. The SMILES string of the molecule is CC(=O)NC1(Nc2cccc(C#N)c2)NC(C)(c2cncs2)CS1. The van der Waals surface area contributed by atoms with Crippen molar-refractivity contribution >= 4 is 34.7 Å². The van der Waals surface area contributed by atoms with Gasteiger partial charge in [-0.15, -0.1) is 11.3 Å². The first kappa shape index (κ1) is 16.8. The highest BCUT2D eigenvalue weighted by molar-refractivity contribution is 8.01. The molecule has 24 heavy (non-hydrogen) atoms. The number of carbonyl (C=O) groups excluding carboxylic acids is 1. The Labute approximate surface area is 148 Å². The molecule has 8 heteroatoms. The van der Waals surface area contributed by atoms with Crippen molar-refractivity contribution in [3.8, 4) is 6.07 Å². The molecule has 6 nitrogen and oxygen atoms in total.